The molecule has 4 atom stereocenters. The van der Waals surface area contributed by atoms with Crippen molar-refractivity contribution >= 4 is 5.97 Å². The molecule has 1 spiro atoms. The summed E-state index contributed by atoms with van der Waals surface area (Å²) in [4.78, 5) is 14.0. The third kappa shape index (κ3) is 1.56. The molecule has 2 aliphatic heterocycles. The van der Waals surface area contributed by atoms with Gasteiger partial charge in [-0.05, 0) is 43.6 Å². The van der Waals surface area contributed by atoms with Crippen molar-refractivity contribution in [3.05, 3.63) is 34.9 Å². The minimum absolute atomic E-state index is 0.191. The molecule has 0 saturated carbocycles. The van der Waals surface area contributed by atoms with Crippen LogP contribution in [-0.2, 0) is 21.4 Å². The van der Waals surface area contributed by atoms with Crippen molar-refractivity contribution in [1.82, 2.24) is 4.90 Å². The van der Waals surface area contributed by atoms with Crippen LogP contribution in [0, 0.1) is 0 Å². The number of rotatable bonds is 1. The van der Waals surface area contributed by atoms with Gasteiger partial charge in [0.15, 0.2) is 11.5 Å². The lowest BCUT2D eigenvalue weighted by Crippen LogP contribution is -2.61. The number of carbonyl (C=O) groups is 1. The van der Waals surface area contributed by atoms with Gasteiger partial charge in [0.25, 0.3) is 0 Å². The third-order valence-electron chi connectivity index (χ3n) is 6.30. The van der Waals surface area contributed by atoms with E-state index in [0.717, 1.165) is 24.9 Å². The smallest absolute Gasteiger partial charge is 0.303 e. The van der Waals surface area contributed by atoms with Crippen molar-refractivity contribution < 1.29 is 19.4 Å². The third-order valence-corrected chi connectivity index (χ3v) is 6.30. The zero-order valence-corrected chi connectivity index (χ0v) is 13.9. The molecule has 1 aromatic rings. The van der Waals surface area contributed by atoms with Crippen molar-refractivity contribution in [3.63, 3.8) is 0 Å². The molecule has 0 amide bonds. The van der Waals surface area contributed by atoms with Crippen LogP contribution in [-0.4, -0.2) is 47.8 Å². The molecule has 1 aromatic carbocycles. The molecule has 1 fully saturated rings. The monoisotopic (exact) mass is 327 g/mol. The predicted octanol–water partition coefficient (Wildman–Crippen LogP) is 1.91. The van der Waals surface area contributed by atoms with Crippen LogP contribution in [0.2, 0.25) is 0 Å². The molecular formula is C19H21NO4. The number of phenols is 1. The maximum Gasteiger partial charge on any atom is 0.303 e. The van der Waals surface area contributed by atoms with Gasteiger partial charge in [0.2, 0.25) is 0 Å². The fraction of sp³-hybridized carbons (Fsp3) is 0.526. The molecule has 2 bridgehead atoms. The zero-order chi connectivity index (χ0) is 16.6. The molecule has 2 heterocycles. The van der Waals surface area contributed by atoms with Crippen LogP contribution in [0.1, 0.15) is 30.9 Å². The van der Waals surface area contributed by atoms with E-state index in [4.69, 9.17) is 9.47 Å². The Labute approximate surface area is 140 Å². The number of phenolic OH excluding ortho intramolecular Hbond substituents is 1. The van der Waals surface area contributed by atoms with Crippen LogP contribution in [0.4, 0.5) is 0 Å². The van der Waals surface area contributed by atoms with Crippen molar-refractivity contribution in [1.29, 1.82) is 0 Å². The number of esters is 1. The molecule has 1 saturated heterocycles. The number of piperidine rings is 1. The summed E-state index contributed by atoms with van der Waals surface area (Å²) in [7, 11) is 2.17. The maximum atomic E-state index is 11.6. The lowest BCUT2D eigenvalue weighted by Gasteiger charge is -2.54. The predicted molar refractivity (Wildman–Crippen MR) is 87.2 cm³/mol. The van der Waals surface area contributed by atoms with Gasteiger partial charge in [0, 0.05) is 24.9 Å². The van der Waals surface area contributed by atoms with Gasteiger partial charge in [-0.2, -0.15) is 0 Å². The molecule has 24 heavy (non-hydrogen) atoms. The van der Waals surface area contributed by atoms with Crippen LogP contribution in [0.25, 0.3) is 0 Å². The summed E-state index contributed by atoms with van der Waals surface area (Å²) >= 11 is 0. The molecule has 5 heteroatoms. The molecule has 0 aromatic heterocycles. The van der Waals surface area contributed by atoms with Gasteiger partial charge in [-0.1, -0.05) is 12.1 Å². The average molecular weight is 327 g/mol. The molecule has 0 radical (unpaired) electrons. The summed E-state index contributed by atoms with van der Waals surface area (Å²) in [5.74, 6) is 0.513. The highest BCUT2D eigenvalue weighted by Crippen LogP contribution is 2.62. The lowest BCUT2D eigenvalue weighted by molar-refractivity contribution is -0.153. The summed E-state index contributed by atoms with van der Waals surface area (Å²) in [6.45, 7) is 2.42. The summed E-state index contributed by atoms with van der Waals surface area (Å²) in [5, 5.41) is 10.4. The molecule has 1 N–H and O–H groups in total. The van der Waals surface area contributed by atoms with Crippen molar-refractivity contribution in [3.8, 4) is 11.5 Å². The number of nitrogens with zero attached hydrogens (tertiary/aromatic N) is 1. The topological polar surface area (TPSA) is 59.0 Å². The number of hydrogen-bond donors (Lipinski definition) is 1. The summed E-state index contributed by atoms with van der Waals surface area (Å²) in [6.07, 6.45) is 4.28. The fourth-order valence-electron chi connectivity index (χ4n) is 5.40. The van der Waals surface area contributed by atoms with E-state index in [0.29, 0.717) is 18.2 Å². The molecule has 5 nitrogen and oxygen atoms in total. The first-order chi connectivity index (χ1) is 11.5. The van der Waals surface area contributed by atoms with Crippen LogP contribution in [0.3, 0.4) is 0 Å². The quantitative estimate of drug-likeness (QED) is 0.631. The lowest BCUT2D eigenvalue weighted by atomic mass is 9.56. The van der Waals surface area contributed by atoms with Crippen LogP contribution in [0.15, 0.2) is 23.8 Å². The molecule has 4 unspecified atom stereocenters. The van der Waals surface area contributed by atoms with Gasteiger partial charge >= 0.3 is 5.97 Å². The number of likely N-dealkylation sites (tertiary alicyclic amines) is 1. The second kappa shape index (κ2) is 4.54. The van der Waals surface area contributed by atoms with Gasteiger partial charge in [-0.25, -0.2) is 0 Å². The second-order valence-electron chi connectivity index (χ2n) is 7.45. The largest absolute Gasteiger partial charge is 0.504 e. The van der Waals surface area contributed by atoms with E-state index in [1.54, 1.807) is 6.07 Å². The second-order valence-corrected chi connectivity index (χ2v) is 7.45. The maximum absolute atomic E-state index is 11.6. The van der Waals surface area contributed by atoms with Crippen molar-refractivity contribution in [2.24, 2.45) is 0 Å². The first kappa shape index (κ1) is 14.3. The Balaban J connectivity index is 1.76. The highest BCUT2D eigenvalue weighted by atomic mass is 16.6. The van der Waals surface area contributed by atoms with E-state index < -0.39 is 0 Å². The number of carbonyl (C=O) groups excluding carboxylic acids is 1. The SMILES string of the molecule is CC(=O)OC1CC=C2C3Cc4ccc(O)c5c4C2(CCN3C)C1O5. The van der Waals surface area contributed by atoms with Crippen LogP contribution < -0.4 is 4.74 Å². The van der Waals surface area contributed by atoms with E-state index in [9.17, 15) is 9.90 Å². The van der Waals surface area contributed by atoms with Crippen molar-refractivity contribution in [2.45, 2.75) is 49.9 Å². The summed E-state index contributed by atoms with van der Waals surface area (Å²) in [6, 6.07) is 4.12. The molecule has 126 valence electrons. The fourth-order valence-corrected chi connectivity index (χ4v) is 5.40. The molecule has 4 aliphatic rings. The van der Waals surface area contributed by atoms with E-state index >= 15 is 0 Å². The van der Waals surface area contributed by atoms with Crippen LogP contribution in [0.5, 0.6) is 11.5 Å². The number of aromatic hydroxyl groups is 1. The van der Waals surface area contributed by atoms with E-state index in [2.05, 4.69) is 18.0 Å². The number of hydrogen-bond acceptors (Lipinski definition) is 5. The van der Waals surface area contributed by atoms with E-state index in [1.807, 2.05) is 6.07 Å². The highest BCUT2D eigenvalue weighted by Gasteiger charge is 2.63. The van der Waals surface area contributed by atoms with Gasteiger partial charge in [0.05, 0.1) is 5.41 Å². The Hall–Kier alpha value is -2.01. The molecular weight excluding hydrogens is 306 g/mol. The first-order valence-electron chi connectivity index (χ1n) is 8.62. The Morgan fingerprint density at radius 3 is 3.08 bits per heavy atom. The minimum Gasteiger partial charge on any atom is -0.504 e. The number of benzene rings is 1. The van der Waals surface area contributed by atoms with Crippen LogP contribution >= 0.6 is 0 Å². The minimum atomic E-state index is -0.298. The van der Waals surface area contributed by atoms with Crippen molar-refractivity contribution in [2.75, 3.05) is 13.6 Å². The zero-order valence-electron chi connectivity index (χ0n) is 13.9. The Morgan fingerprint density at radius 2 is 2.29 bits per heavy atom. The van der Waals surface area contributed by atoms with Gasteiger partial charge in [0.1, 0.15) is 12.2 Å². The van der Waals surface area contributed by atoms with Gasteiger partial charge in [-0.3, -0.25) is 9.69 Å². The summed E-state index contributed by atoms with van der Waals surface area (Å²) in [5.41, 5.74) is 3.53. The Kier molecular flexibility index (Phi) is 2.71. The Morgan fingerprint density at radius 1 is 1.46 bits per heavy atom. The van der Waals surface area contributed by atoms with E-state index in [1.165, 1.54) is 18.1 Å². The van der Waals surface area contributed by atoms with Gasteiger partial charge in [-0.15, -0.1) is 0 Å². The standard InChI is InChI=1S/C19H21NO4/c1-10(21)23-15-6-4-12-13-9-11-3-5-14(22)17-16(11)19(12,18(15)24-17)7-8-20(13)2/h3-5,13,15,18,22H,6-9H2,1-2H3. The normalized spacial score (nSPS) is 35.8. The molecule has 2 aliphatic carbocycles. The van der Waals surface area contributed by atoms with E-state index in [-0.39, 0.29) is 29.3 Å². The summed E-state index contributed by atoms with van der Waals surface area (Å²) < 4.78 is 11.9. The number of likely N-dealkylation sites (N-methyl/N-ethyl adjacent to an activating group) is 1. The van der Waals surface area contributed by atoms with Gasteiger partial charge < -0.3 is 14.6 Å². The highest BCUT2D eigenvalue weighted by molar-refractivity contribution is 5.68. The first-order valence-corrected chi connectivity index (χ1v) is 8.62. The Bertz CT molecular complexity index is 786. The average Bonchev–Trinajstić information content (AvgIpc) is 2.89. The molecule has 5 rings (SSSR count). The number of ether oxygens (including phenoxy) is 2.